The van der Waals surface area contributed by atoms with E-state index in [0.717, 1.165) is 0 Å². The van der Waals surface area contributed by atoms with Crippen LogP contribution in [-0.2, 0) is 22.6 Å². The Morgan fingerprint density at radius 1 is 1.30 bits per heavy atom. The summed E-state index contributed by atoms with van der Waals surface area (Å²) in [5, 5.41) is 0.900. The predicted octanol–water partition coefficient (Wildman–Crippen LogP) is 4.75. The van der Waals surface area contributed by atoms with E-state index < -0.39 is 5.25 Å². The Kier molecular flexibility index (Phi) is 8.88. The van der Waals surface area contributed by atoms with E-state index in [4.69, 9.17) is 16.3 Å². The Balaban J connectivity index is 1.84. The molecule has 0 aliphatic heterocycles. The lowest BCUT2D eigenvalue weighted by atomic mass is 10.2. The van der Waals surface area contributed by atoms with Crippen LogP contribution in [0.2, 0.25) is 5.02 Å². The average molecular weight is 492 g/mol. The molecule has 0 saturated carbocycles. The van der Waals surface area contributed by atoms with Crippen molar-refractivity contribution < 1.29 is 13.9 Å². The SMILES string of the molecule is CCOCCCn1c(SC(C)C(=O)N(C)Cc2cccc(F)c2)nc2cc(Cl)ccc2c1=O. The summed E-state index contributed by atoms with van der Waals surface area (Å²) in [6.45, 7) is 5.53. The minimum absolute atomic E-state index is 0.148. The maximum absolute atomic E-state index is 13.5. The van der Waals surface area contributed by atoms with E-state index in [-0.39, 0.29) is 23.8 Å². The van der Waals surface area contributed by atoms with Crippen molar-refractivity contribution in [1.29, 1.82) is 0 Å². The molecular formula is C24H27ClFN3O3S. The van der Waals surface area contributed by atoms with Gasteiger partial charge in [0.15, 0.2) is 5.16 Å². The van der Waals surface area contributed by atoms with Crippen LogP contribution in [0.1, 0.15) is 25.8 Å². The van der Waals surface area contributed by atoms with Crippen LogP contribution in [0.25, 0.3) is 10.9 Å². The maximum Gasteiger partial charge on any atom is 0.262 e. The molecule has 33 heavy (non-hydrogen) atoms. The van der Waals surface area contributed by atoms with E-state index in [1.54, 1.807) is 53.8 Å². The zero-order chi connectivity index (χ0) is 24.0. The van der Waals surface area contributed by atoms with E-state index in [9.17, 15) is 14.0 Å². The number of aromatic nitrogens is 2. The summed E-state index contributed by atoms with van der Waals surface area (Å²) in [5.41, 5.74) is 1.02. The van der Waals surface area contributed by atoms with Crippen molar-refractivity contribution in [3.8, 4) is 0 Å². The number of halogens is 2. The van der Waals surface area contributed by atoms with Crippen LogP contribution >= 0.6 is 23.4 Å². The van der Waals surface area contributed by atoms with Crippen molar-refractivity contribution >= 4 is 40.2 Å². The second-order valence-corrected chi connectivity index (χ2v) is 9.39. The van der Waals surface area contributed by atoms with Crippen LogP contribution < -0.4 is 5.56 Å². The molecule has 0 radical (unpaired) electrons. The molecule has 0 aliphatic rings. The van der Waals surface area contributed by atoms with Crippen LogP contribution in [0.3, 0.4) is 0 Å². The lowest BCUT2D eigenvalue weighted by Crippen LogP contribution is -2.33. The number of hydrogen-bond acceptors (Lipinski definition) is 5. The van der Waals surface area contributed by atoms with Crippen molar-refractivity contribution in [2.24, 2.45) is 0 Å². The average Bonchev–Trinajstić information content (AvgIpc) is 2.77. The quantitative estimate of drug-likeness (QED) is 0.232. The minimum atomic E-state index is -0.509. The molecule has 1 atom stereocenters. The predicted molar refractivity (Wildman–Crippen MR) is 130 cm³/mol. The summed E-state index contributed by atoms with van der Waals surface area (Å²) in [5.74, 6) is -0.489. The number of fused-ring (bicyclic) bond motifs is 1. The Morgan fingerprint density at radius 2 is 2.09 bits per heavy atom. The number of hydrogen-bond donors (Lipinski definition) is 0. The van der Waals surface area contributed by atoms with Gasteiger partial charge in [-0.05, 0) is 56.2 Å². The van der Waals surface area contributed by atoms with Crippen molar-refractivity contribution in [1.82, 2.24) is 14.5 Å². The largest absolute Gasteiger partial charge is 0.382 e. The smallest absolute Gasteiger partial charge is 0.262 e. The first-order valence-corrected chi connectivity index (χ1v) is 12.0. The molecule has 0 saturated heterocycles. The molecule has 0 fully saturated rings. The summed E-state index contributed by atoms with van der Waals surface area (Å²) in [4.78, 5) is 32.4. The lowest BCUT2D eigenvalue weighted by Gasteiger charge is -2.22. The molecule has 1 unspecified atom stereocenters. The van der Waals surface area contributed by atoms with Gasteiger partial charge in [-0.1, -0.05) is 35.5 Å². The van der Waals surface area contributed by atoms with Gasteiger partial charge in [-0.3, -0.25) is 14.2 Å². The monoisotopic (exact) mass is 491 g/mol. The molecule has 0 bridgehead atoms. The van der Waals surface area contributed by atoms with Crippen LogP contribution in [0.5, 0.6) is 0 Å². The van der Waals surface area contributed by atoms with Crippen LogP contribution in [0, 0.1) is 5.82 Å². The van der Waals surface area contributed by atoms with Gasteiger partial charge < -0.3 is 9.64 Å². The number of rotatable bonds is 10. The van der Waals surface area contributed by atoms with E-state index in [0.29, 0.717) is 52.8 Å². The second kappa shape index (κ2) is 11.6. The molecule has 2 aromatic carbocycles. The van der Waals surface area contributed by atoms with Gasteiger partial charge in [-0.15, -0.1) is 0 Å². The maximum atomic E-state index is 13.5. The Morgan fingerprint density at radius 3 is 2.82 bits per heavy atom. The van der Waals surface area contributed by atoms with Gasteiger partial charge >= 0.3 is 0 Å². The first kappa shape index (κ1) is 25.2. The molecule has 0 N–H and O–H groups in total. The van der Waals surface area contributed by atoms with Crippen LogP contribution in [0.4, 0.5) is 4.39 Å². The van der Waals surface area contributed by atoms with Gasteiger partial charge in [-0.25, -0.2) is 9.37 Å². The first-order valence-electron chi connectivity index (χ1n) is 10.7. The summed E-state index contributed by atoms with van der Waals surface area (Å²) in [7, 11) is 1.67. The fourth-order valence-corrected chi connectivity index (χ4v) is 4.65. The van der Waals surface area contributed by atoms with Gasteiger partial charge in [0.2, 0.25) is 5.91 Å². The van der Waals surface area contributed by atoms with Crippen molar-refractivity contribution in [2.45, 2.75) is 43.8 Å². The Hall–Kier alpha value is -2.42. The molecule has 0 spiro atoms. The zero-order valence-corrected chi connectivity index (χ0v) is 20.5. The molecule has 1 heterocycles. The highest BCUT2D eigenvalue weighted by molar-refractivity contribution is 8.00. The fraction of sp³-hybridized carbons (Fsp3) is 0.375. The van der Waals surface area contributed by atoms with E-state index in [2.05, 4.69) is 4.98 Å². The van der Waals surface area contributed by atoms with Gasteiger partial charge in [0.1, 0.15) is 5.82 Å². The molecule has 3 aromatic rings. The number of benzene rings is 2. The molecule has 0 aliphatic carbocycles. The molecule has 9 heteroatoms. The van der Waals surface area contributed by atoms with Gasteiger partial charge in [0.05, 0.1) is 16.2 Å². The van der Waals surface area contributed by atoms with Gasteiger partial charge in [0.25, 0.3) is 5.56 Å². The first-order chi connectivity index (χ1) is 15.8. The third kappa shape index (κ3) is 6.56. The number of ether oxygens (including phenoxy) is 1. The standard InChI is InChI=1S/C24H27ClFN3O3S/c1-4-32-12-6-11-29-23(31)20-10-9-18(25)14-21(20)27-24(29)33-16(2)22(30)28(3)15-17-7-5-8-19(26)13-17/h5,7-10,13-14,16H,4,6,11-12,15H2,1-3H3. The minimum Gasteiger partial charge on any atom is -0.382 e. The summed E-state index contributed by atoms with van der Waals surface area (Å²) < 4.78 is 20.5. The highest BCUT2D eigenvalue weighted by atomic mass is 35.5. The molecule has 6 nitrogen and oxygen atoms in total. The van der Waals surface area contributed by atoms with E-state index in [1.807, 2.05) is 6.92 Å². The number of amides is 1. The van der Waals surface area contributed by atoms with Gasteiger partial charge in [0, 0.05) is 38.4 Å². The number of carbonyl (C=O) groups is 1. The van der Waals surface area contributed by atoms with E-state index >= 15 is 0 Å². The van der Waals surface area contributed by atoms with Crippen molar-refractivity contribution in [3.05, 3.63) is 69.2 Å². The summed E-state index contributed by atoms with van der Waals surface area (Å²) >= 11 is 7.33. The summed E-state index contributed by atoms with van der Waals surface area (Å²) in [6.07, 6.45) is 0.643. The van der Waals surface area contributed by atoms with Crippen LogP contribution in [0.15, 0.2) is 52.4 Å². The number of thioether (sulfide) groups is 1. The third-order valence-electron chi connectivity index (χ3n) is 5.07. The van der Waals surface area contributed by atoms with E-state index in [1.165, 1.54) is 23.9 Å². The topological polar surface area (TPSA) is 64.4 Å². The van der Waals surface area contributed by atoms with Gasteiger partial charge in [-0.2, -0.15) is 0 Å². The summed E-state index contributed by atoms with van der Waals surface area (Å²) in [6, 6.07) is 11.1. The molecule has 3 rings (SSSR count). The Labute approximate surface area is 201 Å². The lowest BCUT2D eigenvalue weighted by molar-refractivity contribution is -0.129. The normalized spacial score (nSPS) is 12.2. The second-order valence-electron chi connectivity index (χ2n) is 7.65. The molecule has 176 valence electrons. The highest BCUT2D eigenvalue weighted by Crippen LogP contribution is 2.25. The van der Waals surface area contributed by atoms with Crippen molar-refractivity contribution in [2.75, 3.05) is 20.3 Å². The fourth-order valence-electron chi connectivity index (χ4n) is 3.44. The Bertz CT molecular complexity index is 1190. The highest BCUT2D eigenvalue weighted by Gasteiger charge is 2.22. The third-order valence-corrected chi connectivity index (χ3v) is 6.38. The molecule has 1 aromatic heterocycles. The number of carbonyl (C=O) groups excluding carboxylic acids is 1. The molecular weight excluding hydrogens is 465 g/mol. The van der Waals surface area contributed by atoms with Crippen LogP contribution in [-0.4, -0.2) is 45.9 Å². The van der Waals surface area contributed by atoms with Crippen molar-refractivity contribution in [3.63, 3.8) is 0 Å². The molecule has 1 amide bonds. The zero-order valence-electron chi connectivity index (χ0n) is 18.9. The number of nitrogens with zero attached hydrogens (tertiary/aromatic N) is 3.